The van der Waals surface area contributed by atoms with Gasteiger partial charge < -0.3 is 21.1 Å². The van der Waals surface area contributed by atoms with Gasteiger partial charge in [0.2, 0.25) is 0 Å². The molecule has 4 rings (SSSR count). The fourth-order valence-electron chi connectivity index (χ4n) is 4.27. The summed E-state index contributed by atoms with van der Waals surface area (Å²) in [6.07, 6.45) is 0.966. The highest BCUT2D eigenvalue weighted by Crippen LogP contribution is 2.44. The second kappa shape index (κ2) is 8.56. The van der Waals surface area contributed by atoms with E-state index in [0.717, 1.165) is 56.5 Å². The quantitative estimate of drug-likeness (QED) is 0.194. The number of rotatable bonds is 7. The predicted molar refractivity (Wildman–Crippen MR) is 134 cm³/mol. The van der Waals surface area contributed by atoms with Crippen molar-refractivity contribution < 1.29 is 4.74 Å². The summed E-state index contributed by atoms with van der Waals surface area (Å²) in [4.78, 5) is 4.42. The van der Waals surface area contributed by atoms with Crippen LogP contribution in [0.1, 0.15) is 18.1 Å². The lowest BCUT2D eigenvalue weighted by Gasteiger charge is -2.19. The van der Waals surface area contributed by atoms with Gasteiger partial charge in [-0.05, 0) is 71.4 Å². The number of anilines is 3. The number of nitrogens with two attached hydrogens (primary N) is 1. The molecule has 4 N–H and O–H groups in total. The zero-order valence-corrected chi connectivity index (χ0v) is 18.3. The molecule has 4 aromatic rings. The molecule has 0 heterocycles. The molecule has 158 valence electrons. The number of nitrogens with one attached hydrogen (secondary N) is 2. The third-order valence-electron chi connectivity index (χ3n) is 5.85. The molecule has 0 radical (unpaired) electrons. The fourth-order valence-corrected chi connectivity index (χ4v) is 4.27. The predicted octanol–water partition coefficient (Wildman–Crippen LogP) is 6.13. The molecule has 4 aromatic carbocycles. The number of aryl methyl sites for hydroxylation is 1. The van der Waals surface area contributed by atoms with Crippen LogP contribution in [0.3, 0.4) is 0 Å². The van der Waals surface area contributed by atoms with Crippen molar-refractivity contribution in [2.45, 2.75) is 19.9 Å². The monoisotopic (exact) mass is 412 g/mol. The molecule has 0 spiro atoms. The molecule has 0 aliphatic carbocycles. The highest BCUT2D eigenvalue weighted by molar-refractivity contribution is 6.20. The minimum Gasteiger partial charge on any atom is -0.497 e. The lowest BCUT2D eigenvalue weighted by Crippen LogP contribution is -2.07. The molecule has 0 amide bonds. The molecule has 5 nitrogen and oxygen atoms in total. The Hall–Kier alpha value is -3.73. The van der Waals surface area contributed by atoms with E-state index in [1.807, 2.05) is 43.4 Å². The van der Waals surface area contributed by atoms with Crippen LogP contribution in [0.2, 0.25) is 0 Å². The number of aliphatic imine (C=N–C) groups is 1. The zero-order valence-electron chi connectivity index (χ0n) is 18.3. The highest BCUT2D eigenvalue weighted by Gasteiger charge is 2.16. The van der Waals surface area contributed by atoms with Crippen molar-refractivity contribution in [3.8, 4) is 5.75 Å². The Bertz CT molecular complexity index is 1260. The summed E-state index contributed by atoms with van der Waals surface area (Å²) in [6.45, 7) is 6.72. The summed E-state index contributed by atoms with van der Waals surface area (Å²) in [5.74, 6) is 0.794. The lowest BCUT2D eigenvalue weighted by atomic mass is 9.97. The van der Waals surface area contributed by atoms with Crippen molar-refractivity contribution >= 4 is 51.0 Å². The van der Waals surface area contributed by atoms with Gasteiger partial charge in [-0.25, -0.2) is 0 Å². The van der Waals surface area contributed by atoms with E-state index in [1.165, 1.54) is 11.1 Å². The summed E-state index contributed by atoms with van der Waals surface area (Å²) >= 11 is 0. The van der Waals surface area contributed by atoms with E-state index in [0.29, 0.717) is 6.54 Å². The first-order valence-electron chi connectivity index (χ1n) is 10.4. The highest BCUT2D eigenvalue weighted by atomic mass is 16.5. The van der Waals surface area contributed by atoms with Gasteiger partial charge in [0.25, 0.3) is 0 Å². The van der Waals surface area contributed by atoms with Crippen molar-refractivity contribution in [2.75, 3.05) is 30.5 Å². The number of hydrogen-bond donors (Lipinski definition) is 3. The zero-order chi connectivity index (χ0) is 22.0. The van der Waals surface area contributed by atoms with Gasteiger partial charge in [-0.2, -0.15) is 0 Å². The molecule has 0 unspecified atom stereocenters. The van der Waals surface area contributed by atoms with Crippen LogP contribution >= 0.6 is 0 Å². The Morgan fingerprint density at radius 2 is 1.77 bits per heavy atom. The molecular formula is C26H28N4O. The van der Waals surface area contributed by atoms with Gasteiger partial charge in [0, 0.05) is 35.7 Å². The Kier molecular flexibility index (Phi) is 5.67. The average Bonchev–Trinajstić information content (AvgIpc) is 2.81. The largest absolute Gasteiger partial charge is 0.497 e. The van der Waals surface area contributed by atoms with Crippen LogP contribution in [0.4, 0.5) is 22.7 Å². The fraction of sp³-hybridized carbons (Fsp3) is 0.192. The number of hydrogen-bond acceptors (Lipinski definition) is 5. The van der Waals surface area contributed by atoms with Crippen molar-refractivity contribution in [3.63, 3.8) is 0 Å². The minimum atomic E-state index is 0.670. The van der Waals surface area contributed by atoms with E-state index in [2.05, 4.69) is 47.5 Å². The number of ether oxygens (including phenoxy) is 1. The van der Waals surface area contributed by atoms with E-state index in [-0.39, 0.29) is 0 Å². The summed E-state index contributed by atoms with van der Waals surface area (Å²) < 4.78 is 5.46. The third-order valence-corrected chi connectivity index (χ3v) is 5.85. The number of nitrogens with zero attached hydrogens (tertiary/aromatic N) is 1. The second-order valence-electron chi connectivity index (χ2n) is 7.50. The van der Waals surface area contributed by atoms with Gasteiger partial charge in [-0.3, -0.25) is 4.99 Å². The van der Waals surface area contributed by atoms with Gasteiger partial charge in [0.05, 0.1) is 18.5 Å². The Morgan fingerprint density at radius 1 is 1.00 bits per heavy atom. The van der Waals surface area contributed by atoms with Crippen LogP contribution in [0, 0.1) is 0 Å². The molecule has 0 fully saturated rings. The molecule has 0 aliphatic rings. The van der Waals surface area contributed by atoms with Crippen LogP contribution in [-0.2, 0) is 13.0 Å². The van der Waals surface area contributed by atoms with E-state index < -0.39 is 0 Å². The standard InChI is InChI=1S/C26H28N4O/c1-5-16-7-6-8-24(28-2)23(16)15-30-26-20-11-9-17(27)13-21(20)22-14-18(31-4)10-12-19(22)25(26)29-3/h6-14,28,30H,3,5,15,27H2,1-2,4H3. The number of nitrogen functional groups attached to an aromatic ring is 1. The SMILES string of the molecule is C=Nc1c(NCc2c(CC)cccc2NC)c2ccc(N)cc2c2cc(OC)ccc12. The van der Waals surface area contributed by atoms with E-state index in [4.69, 9.17) is 10.5 Å². The van der Waals surface area contributed by atoms with E-state index in [9.17, 15) is 0 Å². The van der Waals surface area contributed by atoms with Crippen molar-refractivity contribution in [3.05, 3.63) is 65.7 Å². The lowest BCUT2D eigenvalue weighted by molar-refractivity contribution is 0.415. The Balaban J connectivity index is 1.93. The first-order valence-corrected chi connectivity index (χ1v) is 10.4. The summed E-state index contributed by atoms with van der Waals surface area (Å²) in [5, 5.41) is 11.1. The maximum Gasteiger partial charge on any atom is 0.119 e. The summed E-state index contributed by atoms with van der Waals surface area (Å²) in [6, 6.07) is 18.4. The van der Waals surface area contributed by atoms with Crippen LogP contribution in [-0.4, -0.2) is 20.9 Å². The Morgan fingerprint density at radius 3 is 2.48 bits per heavy atom. The second-order valence-corrected chi connectivity index (χ2v) is 7.50. The van der Waals surface area contributed by atoms with Crippen molar-refractivity contribution in [1.29, 1.82) is 0 Å². The van der Waals surface area contributed by atoms with Crippen LogP contribution in [0.25, 0.3) is 21.5 Å². The van der Waals surface area contributed by atoms with E-state index >= 15 is 0 Å². The summed E-state index contributed by atoms with van der Waals surface area (Å²) in [5.41, 5.74) is 12.3. The molecule has 0 atom stereocenters. The molecule has 0 aliphatic heterocycles. The topological polar surface area (TPSA) is 71.7 Å². The average molecular weight is 413 g/mol. The first kappa shape index (κ1) is 20.5. The molecule has 0 aromatic heterocycles. The van der Waals surface area contributed by atoms with Crippen molar-refractivity contribution in [1.82, 2.24) is 0 Å². The molecule has 0 saturated carbocycles. The first-order chi connectivity index (χ1) is 15.1. The van der Waals surface area contributed by atoms with Gasteiger partial charge in [0.15, 0.2) is 0 Å². The van der Waals surface area contributed by atoms with Crippen LogP contribution in [0.5, 0.6) is 5.75 Å². The summed E-state index contributed by atoms with van der Waals surface area (Å²) in [7, 11) is 3.63. The molecule has 31 heavy (non-hydrogen) atoms. The van der Waals surface area contributed by atoms with Gasteiger partial charge in [0.1, 0.15) is 5.75 Å². The van der Waals surface area contributed by atoms with Crippen LogP contribution < -0.4 is 21.1 Å². The number of benzene rings is 4. The maximum absolute atomic E-state index is 6.15. The molecule has 5 heteroatoms. The van der Waals surface area contributed by atoms with E-state index in [1.54, 1.807) is 7.11 Å². The van der Waals surface area contributed by atoms with Gasteiger partial charge in [-0.15, -0.1) is 0 Å². The minimum absolute atomic E-state index is 0.670. The molecular weight excluding hydrogens is 384 g/mol. The van der Waals surface area contributed by atoms with Gasteiger partial charge >= 0.3 is 0 Å². The third kappa shape index (κ3) is 3.63. The number of methoxy groups -OCH3 is 1. The number of fused-ring (bicyclic) bond motifs is 3. The molecule has 0 saturated heterocycles. The van der Waals surface area contributed by atoms with Crippen molar-refractivity contribution in [2.24, 2.45) is 4.99 Å². The Labute approximate surface area is 182 Å². The van der Waals surface area contributed by atoms with Crippen LogP contribution in [0.15, 0.2) is 59.6 Å². The smallest absolute Gasteiger partial charge is 0.119 e. The molecule has 0 bridgehead atoms. The normalized spacial score (nSPS) is 10.9. The maximum atomic E-state index is 6.15. The van der Waals surface area contributed by atoms with Gasteiger partial charge in [-0.1, -0.05) is 25.1 Å².